The Balaban J connectivity index is 1.61. The number of carbonyl (C=O) groups is 2. The maximum Gasteiger partial charge on any atom is 0.333 e. The lowest BCUT2D eigenvalue weighted by molar-refractivity contribution is -0.138. The molecule has 138 valence electrons. The molecule has 0 saturated carbocycles. The third-order valence-electron chi connectivity index (χ3n) is 4.17. The number of aliphatic carboxylic acids is 1. The number of rotatable bonds is 4. The van der Waals surface area contributed by atoms with Crippen LogP contribution in [0.15, 0.2) is 76.8 Å². The highest BCUT2D eigenvalue weighted by atomic mass is 32.2. The van der Waals surface area contributed by atoms with Crippen molar-refractivity contribution in [1.29, 1.82) is 0 Å². The van der Waals surface area contributed by atoms with Crippen molar-refractivity contribution in [2.75, 3.05) is 0 Å². The molecule has 0 aliphatic carbocycles. The zero-order valence-electron chi connectivity index (χ0n) is 14.6. The Morgan fingerprint density at radius 1 is 1.14 bits per heavy atom. The molecule has 0 unspecified atom stereocenters. The lowest BCUT2D eigenvalue weighted by Crippen LogP contribution is -2.22. The number of amides is 1. The lowest BCUT2D eigenvalue weighted by Gasteiger charge is -2.08. The van der Waals surface area contributed by atoms with Crippen molar-refractivity contribution >= 4 is 45.8 Å². The number of aromatic nitrogens is 1. The number of carbonyl (C=O) groups excluding carboxylic acids is 1. The van der Waals surface area contributed by atoms with Crippen molar-refractivity contribution in [1.82, 2.24) is 10.3 Å². The molecule has 1 atom stereocenters. The molecule has 0 radical (unpaired) electrons. The van der Waals surface area contributed by atoms with Gasteiger partial charge >= 0.3 is 5.97 Å². The van der Waals surface area contributed by atoms with Crippen LogP contribution in [0.4, 0.5) is 0 Å². The number of fused-ring (bicyclic) bond motifs is 1. The Labute approximate surface area is 165 Å². The van der Waals surface area contributed by atoms with Gasteiger partial charge in [0, 0.05) is 11.6 Å². The highest BCUT2D eigenvalue weighted by Crippen LogP contribution is 2.29. The normalized spacial score (nSPS) is 17.8. The van der Waals surface area contributed by atoms with Crippen LogP contribution in [0.25, 0.3) is 17.0 Å². The number of carboxylic acid groups (broad SMARTS) is 1. The zero-order chi connectivity index (χ0) is 19.5. The second-order valence-corrected chi connectivity index (χ2v) is 7.14. The first-order valence-electron chi connectivity index (χ1n) is 8.51. The average molecular weight is 389 g/mol. The number of hydrogen-bond acceptors (Lipinski definition) is 5. The van der Waals surface area contributed by atoms with Gasteiger partial charge in [0.15, 0.2) is 11.2 Å². The molecule has 28 heavy (non-hydrogen) atoms. The van der Waals surface area contributed by atoms with Crippen LogP contribution in [0, 0.1) is 0 Å². The Morgan fingerprint density at radius 3 is 2.75 bits per heavy atom. The topological polar surface area (TPSA) is 91.7 Å². The molecule has 2 heterocycles. The molecular formula is C21H15N3O3S. The second kappa shape index (κ2) is 7.66. The predicted octanol–water partition coefficient (Wildman–Crippen LogP) is 3.62. The molecule has 1 aromatic heterocycles. The summed E-state index contributed by atoms with van der Waals surface area (Å²) in [6, 6.07) is 17.2. The number of hydrogen-bond donors (Lipinski definition) is 2. The van der Waals surface area contributed by atoms with E-state index in [4.69, 9.17) is 0 Å². The van der Waals surface area contributed by atoms with Gasteiger partial charge in [-0.15, -0.1) is 0 Å². The minimum absolute atomic E-state index is 0.273. The molecule has 7 heteroatoms. The zero-order valence-corrected chi connectivity index (χ0v) is 15.4. The van der Waals surface area contributed by atoms with E-state index in [0.717, 1.165) is 28.2 Å². The predicted molar refractivity (Wildman–Crippen MR) is 110 cm³/mol. The van der Waals surface area contributed by atoms with Crippen molar-refractivity contribution in [3.8, 4) is 0 Å². The molecule has 4 rings (SSSR count). The number of thioether (sulfide) groups is 1. The molecule has 1 amide bonds. The average Bonchev–Trinajstić information content (AvgIpc) is 3.05. The summed E-state index contributed by atoms with van der Waals surface area (Å²) < 4.78 is 0. The first kappa shape index (κ1) is 17.9. The van der Waals surface area contributed by atoms with E-state index < -0.39 is 12.0 Å². The van der Waals surface area contributed by atoms with Gasteiger partial charge in [0.1, 0.15) is 0 Å². The van der Waals surface area contributed by atoms with Crippen LogP contribution < -0.4 is 5.32 Å². The van der Waals surface area contributed by atoms with Crippen LogP contribution in [-0.2, 0) is 9.59 Å². The Hall–Kier alpha value is -3.45. The summed E-state index contributed by atoms with van der Waals surface area (Å²) in [5.74, 6) is -1.37. The highest BCUT2D eigenvalue weighted by molar-refractivity contribution is 8.18. The van der Waals surface area contributed by atoms with Crippen molar-refractivity contribution in [2.24, 2.45) is 4.99 Å². The molecule has 3 aromatic rings. The summed E-state index contributed by atoms with van der Waals surface area (Å²) in [5, 5.41) is 13.4. The van der Waals surface area contributed by atoms with Crippen molar-refractivity contribution < 1.29 is 14.7 Å². The van der Waals surface area contributed by atoms with Crippen molar-refractivity contribution in [3.05, 3.63) is 82.9 Å². The molecule has 6 nitrogen and oxygen atoms in total. The quantitative estimate of drug-likeness (QED) is 0.665. The van der Waals surface area contributed by atoms with E-state index in [1.54, 1.807) is 36.5 Å². The van der Waals surface area contributed by atoms with E-state index in [9.17, 15) is 14.7 Å². The number of amidine groups is 1. The maximum atomic E-state index is 12.3. The molecule has 1 aliphatic rings. The van der Waals surface area contributed by atoms with Crippen molar-refractivity contribution in [3.63, 3.8) is 0 Å². The number of benzene rings is 2. The molecule has 1 fully saturated rings. The Kier molecular flexibility index (Phi) is 4.90. The molecular weight excluding hydrogens is 374 g/mol. The number of aliphatic imine (C=N–C) groups is 1. The van der Waals surface area contributed by atoms with Gasteiger partial charge in [-0.3, -0.25) is 9.78 Å². The highest BCUT2D eigenvalue weighted by Gasteiger charge is 2.27. The summed E-state index contributed by atoms with van der Waals surface area (Å²) in [4.78, 5) is 32.9. The van der Waals surface area contributed by atoms with Gasteiger partial charge in [-0.2, -0.15) is 0 Å². The number of carboxylic acids is 1. The maximum absolute atomic E-state index is 12.3. The summed E-state index contributed by atoms with van der Waals surface area (Å²) in [7, 11) is 0. The van der Waals surface area contributed by atoms with E-state index >= 15 is 0 Å². The van der Waals surface area contributed by atoms with Crippen LogP contribution >= 0.6 is 11.8 Å². The molecule has 0 spiro atoms. The molecule has 1 aliphatic heterocycles. The Morgan fingerprint density at radius 2 is 1.96 bits per heavy atom. The minimum Gasteiger partial charge on any atom is -0.479 e. The molecule has 0 bridgehead atoms. The first-order valence-corrected chi connectivity index (χ1v) is 9.33. The standard InChI is InChI=1S/C21H15N3O3S/c25-19-17(12-13-8-9-16-15(11-13)7-4-10-22-16)28-21(24-19)23-18(20(26)27)14-5-2-1-3-6-14/h1-12,18H,(H,26,27)(H,23,24,25)/t18-/m1/s1. The van der Waals surface area contributed by atoms with Crippen LogP contribution in [-0.4, -0.2) is 27.1 Å². The summed E-state index contributed by atoms with van der Waals surface area (Å²) >= 11 is 1.13. The van der Waals surface area contributed by atoms with Gasteiger partial charge in [0.05, 0.1) is 10.4 Å². The fourth-order valence-electron chi connectivity index (χ4n) is 2.85. The van der Waals surface area contributed by atoms with Gasteiger partial charge in [-0.05, 0) is 47.2 Å². The number of nitrogens with one attached hydrogen (secondary N) is 1. The molecule has 1 saturated heterocycles. The Bertz CT molecular complexity index is 1130. The van der Waals surface area contributed by atoms with E-state index in [2.05, 4.69) is 15.3 Å². The van der Waals surface area contributed by atoms with Crippen LogP contribution in [0.3, 0.4) is 0 Å². The molecule has 2 N–H and O–H groups in total. The fourth-order valence-corrected chi connectivity index (χ4v) is 3.70. The van der Waals surface area contributed by atoms with Crippen LogP contribution in [0.5, 0.6) is 0 Å². The summed E-state index contributed by atoms with van der Waals surface area (Å²) in [6.07, 6.45) is 3.49. The third-order valence-corrected chi connectivity index (χ3v) is 5.10. The van der Waals surface area contributed by atoms with Gasteiger partial charge in [-0.25, -0.2) is 9.79 Å². The smallest absolute Gasteiger partial charge is 0.333 e. The van der Waals surface area contributed by atoms with Crippen LogP contribution in [0.2, 0.25) is 0 Å². The van der Waals surface area contributed by atoms with Gasteiger partial charge < -0.3 is 10.4 Å². The molecule has 2 aromatic carbocycles. The fraction of sp³-hybridized carbons (Fsp3) is 0.0476. The first-order chi connectivity index (χ1) is 13.6. The van der Waals surface area contributed by atoms with Crippen LogP contribution in [0.1, 0.15) is 17.2 Å². The van der Waals surface area contributed by atoms with Gasteiger partial charge in [0.25, 0.3) is 5.91 Å². The van der Waals surface area contributed by atoms with E-state index in [0.29, 0.717) is 10.5 Å². The lowest BCUT2D eigenvalue weighted by atomic mass is 10.1. The number of nitrogens with zero attached hydrogens (tertiary/aromatic N) is 2. The van der Waals surface area contributed by atoms with Gasteiger partial charge in [-0.1, -0.05) is 42.5 Å². The summed E-state index contributed by atoms with van der Waals surface area (Å²) in [5.41, 5.74) is 2.29. The minimum atomic E-state index is -1.08. The number of pyridine rings is 1. The third kappa shape index (κ3) is 3.79. The largest absolute Gasteiger partial charge is 0.479 e. The van der Waals surface area contributed by atoms with E-state index in [-0.39, 0.29) is 11.1 Å². The van der Waals surface area contributed by atoms with E-state index in [1.165, 1.54) is 0 Å². The van der Waals surface area contributed by atoms with Gasteiger partial charge in [0.2, 0.25) is 0 Å². The second-order valence-electron chi connectivity index (χ2n) is 6.11. The van der Waals surface area contributed by atoms with Crippen molar-refractivity contribution in [2.45, 2.75) is 6.04 Å². The SMILES string of the molecule is O=C1NC(=N[C@@H](C(=O)O)c2ccccc2)SC1=Cc1ccc2ncccc2c1. The monoisotopic (exact) mass is 389 g/mol. The summed E-state index contributed by atoms with van der Waals surface area (Å²) in [6.45, 7) is 0. The van der Waals surface area contributed by atoms with E-state index in [1.807, 2.05) is 36.4 Å².